The number of hydrogen-bond acceptors (Lipinski definition) is 4. The van der Waals surface area contributed by atoms with Gasteiger partial charge in [0, 0.05) is 6.54 Å². The molecule has 0 radical (unpaired) electrons. The van der Waals surface area contributed by atoms with Gasteiger partial charge >= 0.3 is 0 Å². The maximum absolute atomic E-state index is 11.7. The van der Waals surface area contributed by atoms with Crippen molar-refractivity contribution in [1.82, 2.24) is 5.32 Å². The molecule has 3 N–H and O–H groups in total. The third kappa shape index (κ3) is 5.42. The minimum atomic E-state index is -0.604. The zero-order valence-electron chi connectivity index (χ0n) is 14.3. The van der Waals surface area contributed by atoms with Crippen molar-refractivity contribution in [2.45, 2.75) is 25.5 Å². The van der Waals surface area contributed by atoms with Crippen LogP contribution in [0.4, 0.5) is 0 Å². The summed E-state index contributed by atoms with van der Waals surface area (Å²) in [5.74, 6) is -0.459. The maximum atomic E-state index is 11.7. The van der Waals surface area contributed by atoms with Gasteiger partial charge in [-0.1, -0.05) is 49.4 Å². The Bertz CT molecular complexity index is 708. The summed E-state index contributed by atoms with van der Waals surface area (Å²) in [6.45, 7) is 3.04. The molecule has 2 aromatic carbocycles. The fourth-order valence-corrected chi connectivity index (χ4v) is 2.65. The molecule has 2 atom stereocenters. The van der Waals surface area contributed by atoms with E-state index in [9.17, 15) is 4.79 Å². The molecule has 0 aromatic heterocycles. The van der Waals surface area contributed by atoms with E-state index in [4.69, 9.17) is 15.7 Å². The second-order valence-corrected chi connectivity index (χ2v) is 5.70. The fourth-order valence-electron chi connectivity index (χ4n) is 2.65. The number of nitriles is 1. The van der Waals surface area contributed by atoms with E-state index >= 15 is 0 Å². The molecule has 5 nitrogen and oxygen atoms in total. The number of rotatable bonds is 9. The number of carbonyl (C=O) groups excluding carboxylic acids is 1. The van der Waals surface area contributed by atoms with E-state index in [0.29, 0.717) is 18.7 Å². The van der Waals surface area contributed by atoms with Gasteiger partial charge in [0.25, 0.3) is 0 Å². The number of benzene rings is 2. The molecular weight excluding hydrogens is 314 g/mol. The second kappa shape index (κ2) is 9.58. The minimum Gasteiger partial charge on any atom is -0.372 e. The minimum absolute atomic E-state index is 0.0324. The molecule has 1 amide bonds. The Morgan fingerprint density at radius 1 is 1.16 bits per heavy atom. The van der Waals surface area contributed by atoms with E-state index in [2.05, 4.69) is 18.3 Å². The lowest BCUT2D eigenvalue weighted by Gasteiger charge is -2.19. The number of carbonyl (C=O) groups is 1. The highest BCUT2D eigenvalue weighted by molar-refractivity contribution is 5.81. The molecule has 25 heavy (non-hydrogen) atoms. The molecule has 5 heteroatoms. The fraction of sp³-hybridized carbons (Fsp3) is 0.300. The van der Waals surface area contributed by atoms with E-state index in [-0.39, 0.29) is 6.10 Å². The van der Waals surface area contributed by atoms with Crippen LogP contribution in [0.3, 0.4) is 0 Å². The average molecular weight is 337 g/mol. The predicted molar refractivity (Wildman–Crippen MR) is 96.5 cm³/mol. The topological polar surface area (TPSA) is 88.1 Å². The van der Waals surface area contributed by atoms with E-state index in [1.165, 1.54) is 0 Å². The van der Waals surface area contributed by atoms with Gasteiger partial charge in [-0.2, -0.15) is 5.26 Å². The van der Waals surface area contributed by atoms with Crippen molar-refractivity contribution in [2.75, 3.05) is 13.2 Å². The third-order valence-corrected chi connectivity index (χ3v) is 3.97. The molecular formula is C20H23N3O2. The summed E-state index contributed by atoms with van der Waals surface area (Å²) in [4.78, 5) is 11.7. The third-order valence-electron chi connectivity index (χ3n) is 3.97. The molecule has 0 saturated heterocycles. The van der Waals surface area contributed by atoms with Gasteiger partial charge in [-0.15, -0.1) is 0 Å². The van der Waals surface area contributed by atoms with Crippen LogP contribution in [-0.4, -0.2) is 19.1 Å². The first-order valence-electron chi connectivity index (χ1n) is 8.35. The summed E-state index contributed by atoms with van der Waals surface area (Å²) in [6, 6.07) is 18.3. The van der Waals surface area contributed by atoms with Gasteiger partial charge in [0.05, 0.1) is 24.3 Å². The van der Waals surface area contributed by atoms with Crippen LogP contribution in [-0.2, 0) is 9.53 Å². The Kier molecular flexibility index (Phi) is 7.15. The molecule has 0 fully saturated rings. The first-order chi connectivity index (χ1) is 12.2. The van der Waals surface area contributed by atoms with Crippen molar-refractivity contribution in [3.05, 3.63) is 71.3 Å². The van der Waals surface area contributed by atoms with Gasteiger partial charge in [0.1, 0.15) is 6.04 Å². The Morgan fingerprint density at radius 2 is 1.84 bits per heavy atom. The Labute approximate surface area is 148 Å². The molecule has 0 bridgehead atoms. The lowest BCUT2D eigenvalue weighted by atomic mass is 10.0. The summed E-state index contributed by atoms with van der Waals surface area (Å²) >= 11 is 0. The van der Waals surface area contributed by atoms with Crippen LogP contribution in [0.1, 0.15) is 42.2 Å². The largest absolute Gasteiger partial charge is 0.372 e. The summed E-state index contributed by atoms with van der Waals surface area (Å²) in [6.07, 6.45) is 0.906. The van der Waals surface area contributed by atoms with Crippen LogP contribution in [0.2, 0.25) is 0 Å². The van der Waals surface area contributed by atoms with E-state index in [1.807, 2.05) is 30.3 Å². The molecule has 0 aliphatic heterocycles. The molecule has 0 spiro atoms. The first kappa shape index (κ1) is 18.7. The number of nitrogens with two attached hydrogens (primary N) is 1. The van der Waals surface area contributed by atoms with Crippen LogP contribution in [0.15, 0.2) is 54.6 Å². The van der Waals surface area contributed by atoms with Crippen LogP contribution >= 0.6 is 0 Å². The summed E-state index contributed by atoms with van der Waals surface area (Å²) < 4.78 is 5.92. The van der Waals surface area contributed by atoms with Gasteiger partial charge in [-0.3, -0.25) is 10.1 Å². The quantitative estimate of drug-likeness (QED) is 0.689. The first-order valence-corrected chi connectivity index (χ1v) is 8.35. The second-order valence-electron chi connectivity index (χ2n) is 5.70. The van der Waals surface area contributed by atoms with Crippen molar-refractivity contribution < 1.29 is 9.53 Å². The highest BCUT2D eigenvalue weighted by atomic mass is 16.5. The van der Waals surface area contributed by atoms with Crippen molar-refractivity contribution in [3.63, 3.8) is 0 Å². The molecule has 0 saturated carbocycles. The van der Waals surface area contributed by atoms with Crippen LogP contribution in [0, 0.1) is 11.3 Å². The van der Waals surface area contributed by atoms with E-state index < -0.39 is 11.9 Å². The van der Waals surface area contributed by atoms with Gasteiger partial charge in [-0.05, 0) is 29.7 Å². The number of amides is 1. The van der Waals surface area contributed by atoms with Gasteiger partial charge in [0.15, 0.2) is 0 Å². The molecule has 2 rings (SSSR count). The van der Waals surface area contributed by atoms with Gasteiger partial charge < -0.3 is 10.5 Å². The van der Waals surface area contributed by atoms with Crippen molar-refractivity contribution in [1.29, 1.82) is 5.26 Å². The molecule has 130 valence electrons. The van der Waals surface area contributed by atoms with Crippen molar-refractivity contribution in [3.8, 4) is 6.07 Å². The predicted octanol–water partition coefficient (Wildman–Crippen LogP) is 2.84. The zero-order valence-corrected chi connectivity index (χ0v) is 14.3. The summed E-state index contributed by atoms with van der Waals surface area (Å²) in [7, 11) is 0. The Balaban J connectivity index is 1.89. The van der Waals surface area contributed by atoms with E-state index in [1.54, 1.807) is 24.3 Å². The number of ether oxygens (including phenoxy) is 1. The smallest absolute Gasteiger partial charge is 0.239 e. The average Bonchev–Trinajstić information content (AvgIpc) is 2.65. The van der Waals surface area contributed by atoms with Gasteiger partial charge in [0.2, 0.25) is 5.91 Å². The Morgan fingerprint density at radius 3 is 2.40 bits per heavy atom. The SMILES string of the molecule is CCC(OCCNC(C(N)=O)c1ccc(C#N)cc1)c1ccccc1. The number of nitrogens with zero attached hydrogens (tertiary/aromatic N) is 1. The van der Waals surface area contributed by atoms with Crippen LogP contribution in [0.25, 0.3) is 0 Å². The zero-order chi connectivity index (χ0) is 18.1. The monoisotopic (exact) mass is 337 g/mol. The van der Waals surface area contributed by atoms with E-state index in [0.717, 1.165) is 17.5 Å². The molecule has 2 unspecified atom stereocenters. The molecule has 0 aliphatic rings. The number of nitrogens with one attached hydrogen (secondary N) is 1. The molecule has 0 aliphatic carbocycles. The van der Waals surface area contributed by atoms with Crippen molar-refractivity contribution in [2.24, 2.45) is 5.73 Å². The summed E-state index contributed by atoms with van der Waals surface area (Å²) in [5, 5.41) is 12.0. The summed E-state index contributed by atoms with van der Waals surface area (Å²) in [5.41, 5.74) is 7.92. The Hall–Kier alpha value is -2.68. The van der Waals surface area contributed by atoms with Crippen LogP contribution < -0.4 is 11.1 Å². The standard InChI is InChI=1S/C20H23N3O2/c1-2-18(16-6-4-3-5-7-16)25-13-12-23-19(20(22)24)17-10-8-15(14-21)9-11-17/h3-11,18-19,23H,2,12-13H2,1H3,(H2,22,24). The number of primary amides is 1. The maximum Gasteiger partial charge on any atom is 0.239 e. The van der Waals surface area contributed by atoms with Gasteiger partial charge in [-0.25, -0.2) is 0 Å². The molecule has 2 aromatic rings. The normalized spacial score (nSPS) is 13.0. The number of hydrogen-bond donors (Lipinski definition) is 2. The highest BCUT2D eigenvalue weighted by Crippen LogP contribution is 2.20. The highest BCUT2D eigenvalue weighted by Gasteiger charge is 2.17. The lowest BCUT2D eigenvalue weighted by molar-refractivity contribution is -0.120. The van der Waals surface area contributed by atoms with Crippen LogP contribution in [0.5, 0.6) is 0 Å². The van der Waals surface area contributed by atoms with Crippen molar-refractivity contribution >= 4 is 5.91 Å². The molecule has 0 heterocycles. The lowest BCUT2D eigenvalue weighted by Crippen LogP contribution is -2.35.